The second kappa shape index (κ2) is 3.24. The van der Waals surface area contributed by atoms with Crippen molar-refractivity contribution in [2.45, 2.75) is 5.92 Å². The summed E-state index contributed by atoms with van der Waals surface area (Å²) in [6.07, 6.45) is 0. The molecule has 0 saturated carbocycles. The monoisotopic (exact) mass is 216 g/mol. The van der Waals surface area contributed by atoms with Crippen molar-refractivity contribution >= 4 is 10.2 Å². The van der Waals surface area contributed by atoms with Crippen molar-refractivity contribution in [2.75, 3.05) is 12.4 Å². The molecule has 76 valence electrons. The van der Waals surface area contributed by atoms with Crippen LogP contribution in [-0.2, 0) is 10.2 Å². The fourth-order valence-corrected chi connectivity index (χ4v) is 2.36. The minimum Gasteiger partial charge on any atom is -0.493 e. The van der Waals surface area contributed by atoms with Crippen LogP contribution in [0.3, 0.4) is 0 Å². The lowest BCUT2D eigenvalue weighted by Crippen LogP contribution is -2.11. The number of rotatable bonds is 2. The van der Waals surface area contributed by atoms with E-state index in [0.717, 1.165) is 5.56 Å². The van der Waals surface area contributed by atoms with Crippen LogP contribution >= 0.6 is 0 Å². The lowest BCUT2D eigenvalue weighted by molar-refractivity contribution is 0.337. The van der Waals surface area contributed by atoms with Gasteiger partial charge in [0.15, 0.2) is 0 Å². The standard InChI is InChI=1S/C9H9FO3S/c10-14(11,12)6-7-5-13-9-4-2-1-3-8(7)9/h1-4,7H,5-6H2. The minimum absolute atomic E-state index is 0.239. The Bertz CT molecular complexity index is 441. The molecule has 1 atom stereocenters. The maximum absolute atomic E-state index is 12.5. The predicted octanol–water partition coefficient (Wildman–Crippen LogP) is 1.46. The molecule has 1 aliphatic heterocycles. The molecule has 5 heteroatoms. The number of hydrogen-bond donors (Lipinski definition) is 0. The van der Waals surface area contributed by atoms with Crippen molar-refractivity contribution in [3.63, 3.8) is 0 Å². The topological polar surface area (TPSA) is 43.4 Å². The zero-order chi connectivity index (χ0) is 10.2. The van der Waals surface area contributed by atoms with Crippen LogP contribution in [0.1, 0.15) is 11.5 Å². The van der Waals surface area contributed by atoms with E-state index in [0.29, 0.717) is 5.75 Å². The zero-order valence-corrected chi connectivity index (χ0v) is 8.13. The molecule has 0 fully saturated rings. The summed E-state index contributed by atoms with van der Waals surface area (Å²) in [5, 5.41) is 0. The fraction of sp³-hybridized carbons (Fsp3) is 0.333. The van der Waals surface area contributed by atoms with Crippen LogP contribution < -0.4 is 4.74 Å². The highest BCUT2D eigenvalue weighted by molar-refractivity contribution is 7.86. The van der Waals surface area contributed by atoms with Crippen LogP contribution in [0.5, 0.6) is 5.75 Å². The Morgan fingerprint density at radius 3 is 2.86 bits per heavy atom. The number of hydrogen-bond acceptors (Lipinski definition) is 3. The number of ether oxygens (including phenoxy) is 1. The summed E-state index contributed by atoms with van der Waals surface area (Å²) in [7, 11) is -4.43. The van der Waals surface area contributed by atoms with Crippen LogP contribution in [0.4, 0.5) is 3.89 Å². The molecule has 1 heterocycles. The highest BCUT2D eigenvalue weighted by Gasteiger charge is 2.28. The van der Waals surface area contributed by atoms with Crippen molar-refractivity contribution in [3.05, 3.63) is 29.8 Å². The normalized spacial score (nSPS) is 20.2. The first-order valence-corrected chi connectivity index (χ1v) is 5.75. The van der Waals surface area contributed by atoms with Crippen molar-refractivity contribution in [3.8, 4) is 5.75 Å². The van der Waals surface area contributed by atoms with E-state index in [2.05, 4.69) is 0 Å². The van der Waals surface area contributed by atoms with Gasteiger partial charge in [-0.15, -0.1) is 3.89 Å². The third-order valence-electron chi connectivity index (χ3n) is 2.20. The molecular weight excluding hydrogens is 207 g/mol. The highest BCUT2D eigenvalue weighted by atomic mass is 32.3. The van der Waals surface area contributed by atoms with Gasteiger partial charge in [-0.1, -0.05) is 18.2 Å². The summed E-state index contributed by atoms with van der Waals surface area (Å²) in [4.78, 5) is 0. The minimum atomic E-state index is -4.43. The Kier molecular flexibility index (Phi) is 2.19. The number of halogens is 1. The third kappa shape index (κ3) is 1.87. The molecule has 0 saturated heterocycles. The first kappa shape index (κ1) is 9.45. The Balaban J connectivity index is 2.27. The second-order valence-electron chi connectivity index (χ2n) is 3.25. The fourth-order valence-electron chi connectivity index (χ4n) is 1.61. The van der Waals surface area contributed by atoms with Gasteiger partial charge >= 0.3 is 10.2 Å². The lowest BCUT2D eigenvalue weighted by Gasteiger charge is -2.03. The average Bonchev–Trinajstić information content (AvgIpc) is 2.47. The van der Waals surface area contributed by atoms with Crippen LogP contribution in [0.15, 0.2) is 24.3 Å². The molecule has 0 aromatic heterocycles. The quantitative estimate of drug-likeness (QED) is 0.703. The molecule has 0 bridgehead atoms. The van der Waals surface area contributed by atoms with Gasteiger partial charge < -0.3 is 4.74 Å². The van der Waals surface area contributed by atoms with Gasteiger partial charge in [0, 0.05) is 11.5 Å². The van der Waals surface area contributed by atoms with Crippen LogP contribution in [-0.4, -0.2) is 20.8 Å². The molecule has 1 unspecified atom stereocenters. The van der Waals surface area contributed by atoms with Crippen LogP contribution in [0.25, 0.3) is 0 Å². The van der Waals surface area contributed by atoms with Crippen LogP contribution in [0, 0.1) is 0 Å². The molecule has 3 nitrogen and oxygen atoms in total. The molecule has 1 aromatic carbocycles. The lowest BCUT2D eigenvalue weighted by atomic mass is 10.0. The van der Waals surface area contributed by atoms with E-state index in [1.54, 1.807) is 24.3 Å². The third-order valence-corrected chi connectivity index (χ3v) is 3.00. The van der Waals surface area contributed by atoms with Crippen molar-refractivity contribution < 1.29 is 17.0 Å². The molecule has 0 spiro atoms. The van der Waals surface area contributed by atoms with Gasteiger partial charge in [0.1, 0.15) is 5.75 Å². The summed E-state index contributed by atoms with van der Waals surface area (Å²) in [6, 6.07) is 7.09. The van der Waals surface area contributed by atoms with E-state index >= 15 is 0 Å². The average molecular weight is 216 g/mol. The van der Waals surface area contributed by atoms with Gasteiger partial charge in [0.05, 0.1) is 12.4 Å². The van der Waals surface area contributed by atoms with E-state index < -0.39 is 16.0 Å². The summed E-state index contributed by atoms with van der Waals surface area (Å²) in [5.41, 5.74) is 0.772. The Morgan fingerprint density at radius 2 is 2.14 bits per heavy atom. The molecule has 1 aliphatic rings. The SMILES string of the molecule is O=S(=O)(F)CC1COc2ccccc21. The van der Waals surface area contributed by atoms with E-state index in [4.69, 9.17) is 4.74 Å². The number of fused-ring (bicyclic) bond motifs is 1. The molecule has 14 heavy (non-hydrogen) atoms. The molecule has 0 N–H and O–H groups in total. The molecular formula is C9H9FO3S. The summed E-state index contributed by atoms with van der Waals surface area (Å²) >= 11 is 0. The van der Waals surface area contributed by atoms with E-state index in [1.807, 2.05) is 0 Å². The highest BCUT2D eigenvalue weighted by Crippen LogP contribution is 2.34. The molecule has 1 aromatic rings. The van der Waals surface area contributed by atoms with E-state index in [1.165, 1.54) is 0 Å². The predicted molar refractivity (Wildman–Crippen MR) is 49.6 cm³/mol. The molecule has 0 radical (unpaired) electrons. The molecule has 0 amide bonds. The zero-order valence-electron chi connectivity index (χ0n) is 7.31. The Labute approximate surface area is 81.7 Å². The first-order valence-electron chi connectivity index (χ1n) is 4.20. The van der Waals surface area contributed by atoms with E-state index in [-0.39, 0.29) is 12.5 Å². The summed E-state index contributed by atoms with van der Waals surface area (Å²) in [5.74, 6) is -0.216. The van der Waals surface area contributed by atoms with Gasteiger partial charge in [-0.25, -0.2) is 0 Å². The van der Waals surface area contributed by atoms with Gasteiger partial charge in [-0.3, -0.25) is 0 Å². The second-order valence-corrected chi connectivity index (χ2v) is 4.66. The first-order chi connectivity index (χ1) is 6.56. The van der Waals surface area contributed by atoms with Gasteiger partial charge in [0.2, 0.25) is 0 Å². The number of benzene rings is 1. The smallest absolute Gasteiger partial charge is 0.303 e. The van der Waals surface area contributed by atoms with Crippen molar-refractivity contribution in [1.82, 2.24) is 0 Å². The van der Waals surface area contributed by atoms with Crippen molar-refractivity contribution in [2.24, 2.45) is 0 Å². The van der Waals surface area contributed by atoms with Gasteiger partial charge in [-0.2, -0.15) is 8.42 Å². The van der Waals surface area contributed by atoms with Crippen LogP contribution in [0.2, 0.25) is 0 Å². The summed E-state index contributed by atoms with van der Waals surface area (Å²) < 4.78 is 38.6. The summed E-state index contributed by atoms with van der Waals surface area (Å²) in [6.45, 7) is 0.239. The van der Waals surface area contributed by atoms with Crippen molar-refractivity contribution in [1.29, 1.82) is 0 Å². The van der Waals surface area contributed by atoms with Gasteiger partial charge in [-0.05, 0) is 6.07 Å². The van der Waals surface area contributed by atoms with Gasteiger partial charge in [0.25, 0.3) is 0 Å². The van der Waals surface area contributed by atoms with E-state index in [9.17, 15) is 12.3 Å². The number of para-hydroxylation sites is 1. The maximum Gasteiger partial charge on any atom is 0.303 e. The largest absolute Gasteiger partial charge is 0.493 e. The molecule has 2 rings (SSSR count). The molecule has 0 aliphatic carbocycles. The Morgan fingerprint density at radius 1 is 1.43 bits per heavy atom. The maximum atomic E-state index is 12.5. The Hall–Kier alpha value is -1.10.